The number of nitro groups is 1. The van der Waals surface area contributed by atoms with Gasteiger partial charge in [0.05, 0.1) is 11.0 Å². The molecule has 1 N–H and O–H groups in total. The van der Waals surface area contributed by atoms with Crippen LogP contribution in [-0.4, -0.2) is 23.9 Å². The Morgan fingerprint density at radius 1 is 1.07 bits per heavy atom. The van der Waals surface area contributed by atoms with Crippen molar-refractivity contribution in [3.8, 4) is 0 Å². The molecule has 2 aromatic rings. The lowest BCUT2D eigenvalue weighted by Crippen LogP contribution is -2.32. The van der Waals surface area contributed by atoms with Crippen molar-refractivity contribution in [3.63, 3.8) is 0 Å². The average molecular weight is 379 g/mol. The zero-order valence-electron chi connectivity index (χ0n) is 15.9. The molecule has 2 aliphatic rings. The highest BCUT2D eigenvalue weighted by atomic mass is 16.6. The maximum absolute atomic E-state index is 12.8. The molecular formula is C22H25N3O3. The average Bonchev–Trinajstić information content (AvgIpc) is 2.74. The van der Waals surface area contributed by atoms with Gasteiger partial charge in [-0.05, 0) is 61.8 Å². The summed E-state index contributed by atoms with van der Waals surface area (Å²) in [6, 6.07) is 13.0. The van der Waals surface area contributed by atoms with Crippen LogP contribution in [0.1, 0.15) is 59.6 Å². The van der Waals surface area contributed by atoms with Crippen LogP contribution in [0.2, 0.25) is 0 Å². The Labute approximate surface area is 164 Å². The summed E-state index contributed by atoms with van der Waals surface area (Å²) in [5, 5.41) is 14.7. The molecule has 1 aliphatic carbocycles. The maximum atomic E-state index is 12.8. The third-order valence-electron chi connectivity index (χ3n) is 5.81. The Morgan fingerprint density at radius 2 is 1.86 bits per heavy atom. The molecule has 1 heterocycles. The normalized spacial score (nSPS) is 19.0. The van der Waals surface area contributed by atoms with Crippen molar-refractivity contribution in [1.82, 2.24) is 5.32 Å². The van der Waals surface area contributed by atoms with Crippen LogP contribution in [0.25, 0.3) is 0 Å². The number of nitrogens with zero attached hydrogens (tertiary/aromatic N) is 2. The largest absolute Gasteiger partial charge is 0.366 e. The molecule has 4 rings (SSSR count). The third-order valence-corrected chi connectivity index (χ3v) is 5.81. The van der Waals surface area contributed by atoms with E-state index >= 15 is 0 Å². The standard InChI is InChI=1S/C22H25N3O3/c26-22(23-19-10-6-8-16-7-2-3-9-18(16)19)17-11-12-20(21(15-17)25(27)28)24-13-4-1-5-14-24/h2-3,7,9,11-12,15,19H,1,4-6,8,10,13-14H2,(H,23,26)/t19-/m1/s1. The number of piperidine rings is 1. The second-order valence-electron chi connectivity index (χ2n) is 7.63. The highest BCUT2D eigenvalue weighted by molar-refractivity contribution is 5.96. The Balaban J connectivity index is 1.56. The number of amides is 1. The molecule has 0 radical (unpaired) electrons. The first-order valence-electron chi connectivity index (χ1n) is 10.1. The summed E-state index contributed by atoms with van der Waals surface area (Å²) in [5.74, 6) is -0.255. The van der Waals surface area contributed by atoms with Crippen LogP contribution >= 0.6 is 0 Å². The van der Waals surface area contributed by atoms with Crippen molar-refractivity contribution in [2.75, 3.05) is 18.0 Å². The monoisotopic (exact) mass is 379 g/mol. The Kier molecular flexibility index (Phi) is 5.28. The summed E-state index contributed by atoms with van der Waals surface area (Å²) >= 11 is 0. The van der Waals surface area contributed by atoms with Crippen molar-refractivity contribution in [2.45, 2.75) is 44.6 Å². The van der Waals surface area contributed by atoms with Gasteiger partial charge in [-0.1, -0.05) is 24.3 Å². The minimum atomic E-state index is -0.378. The van der Waals surface area contributed by atoms with Crippen molar-refractivity contribution < 1.29 is 9.72 Å². The molecule has 2 aromatic carbocycles. The molecule has 146 valence electrons. The fraction of sp³-hybridized carbons (Fsp3) is 0.409. The van der Waals surface area contributed by atoms with E-state index in [9.17, 15) is 14.9 Å². The van der Waals surface area contributed by atoms with E-state index in [2.05, 4.69) is 22.3 Å². The van der Waals surface area contributed by atoms with Crippen LogP contribution in [0.4, 0.5) is 11.4 Å². The number of fused-ring (bicyclic) bond motifs is 1. The van der Waals surface area contributed by atoms with E-state index in [1.807, 2.05) is 12.1 Å². The number of carbonyl (C=O) groups excluding carboxylic acids is 1. The zero-order valence-corrected chi connectivity index (χ0v) is 15.9. The summed E-state index contributed by atoms with van der Waals surface area (Å²) in [6.07, 6.45) is 6.18. The molecule has 1 atom stereocenters. The van der Waals surface area contributed by atoms with Gasteiger partial charge in [0.1, 0.15) is 5.69 Å². The fourth-order valence-corrected chi connectivity index (χ4v) is 4.36. The smallest absolute Gasteiger partial charge is 0.293 e. The molecule has 0 aromatic heterocycles. The first-order valence-corrected chi connectivity index (χ1v) is 10.1. The Morgan fingerprint density at radius 3 is 2.64 bits per heavy atom. The molecule has 0 unspecified atom stereocenters. The van der Waals surface area contributed by atoms with E-state index in [0.717, 1.165) is 57.2 Å². The highest BCUT2D eigenvalue weighted by Crippen LogP contribution is 2.33. The molecule has 1 amide bonds. The molecular weight excluding hydrogens is 354 g/mol. The summed E-state index contributed by atoms with van der Waals surface area (Å²) < 4.78 is 0. The topological polar surface area (TPSA) is 75.5 Å². The van der Waals surface area contributed by atoms with Gasteiger partial charge in [0.25, 0.3) is 11.6 Å². The first kappa shape index (κ1) is 18.5. The number of hydrogen-bond acceptors (Lipinski definition) is 4. The van der Waals surface area contributed by atoms with Gasteiger partial charge in [-0.15, -0.1) is 0 Å². The van der Waals surface area contributed by atoms with E-state index in [1.165, 1.54) is 11.6 Å². The molecule has 1 fully saturated rings. The van der Waals surface area contributed by atoms with Gasteiger partial charge in [-0.3, -0.25) is 14.9 Å². The van der Waals surface area contributed by atoms with Gasteiger partial charge in [0.15, 0.2) is 0 Å². The highest BCUT2D eigenvalue weighted by Gasteiger charge is 2.25. The fourth-order valence-electron chi connectivity index (χ4n) is 4.36. The number of carbonyl (C=O) groups is 1. The van der Waals surface area contributed by atoms with Crippen molar-refractivity contribution in [2.24, 2.45) is 0 Å². The van der Waals surface area contributed by atoms with Crippen LogP contribution in [0.5, 0.6) is 0 Å². The predicted molar refractivity (Wildman–Crippen MR) is 109 cm³/mol. The maximum Gasteiger partial charge on any atom is 0.293 e. The molecule has 0 spiro atoms. The molecule has 6 heteroatoms. The van der Waals surface area contributed by atoms with Crippen LogP contribution in [0.15, 0.2) is 42.5 Å². The van der Waals surface area contributed by atoms with Gasteiger partial charge in [-0.25, -0.2) is 0 Å². The Bertz CT molecular complexity index is 890. The molecule has 0 saturated carbocycles. The van der Waals surface area contributed by atoms with Crippen LogP contribution in [0.3, 0.4) is 0 Å². The number of aryl methyl sites for hydroxylation is 1. The second kappa shape index (κ2) is 8.00. The van der Waals surface area contributed by atoms with E-state index in [4.69, 9.17) is 0 Å². The predicted octanol–water partition coefficient (Wildman–Crippen LogP) is 4.39. The summed E-state index contributed by atoms with van der Waals surface area (Å²) in [6.45, 7) is 1.65. The first-order chi connectivity index (χ1) is 13.6. The van der Waals surface area contributed by atoms with Gasteiger partial charge >= 0.3 is 0 Å². The molecule has 1 saturated heterocycles. The van der Waals surface area contributed by atoms with Crippen LogP contribution in [-0.2, 0) is 6.42 Å². The molecule has 0 bridgehead atoms. The lowest BCUT2D eigenvalue weighted by atomic mass is 9.87. The number of benzene rings is 2. The van der Waals surface area contributed by atoms with Crippen LogP contribution < -0.4 is 10.2 Å². The van der Waals surface area contributed by atoms with Gasteiger partial charge in [0, 0.05) is 24.7 Å². The third kappa shape index (κ3) is 3.72. The summed E-state index contributed by atoms with van der Waals surface area (Å²) in [7, 11) is 0. The minimum Gasteiger partial charge on any atom is -0.366 e. The lowest BCUT2D eigenvalue weighted by Gasteiger charge is -2.28. The number of hydrogen-bond donors (Lipinski definition) is 1. The quantitative estimate of drug-likeness (QED) is 0.631. The number of rotatable bonds is 4. The molecule has 28 heavy (non-hydrogen) atoms. The Hall–Kier alpha value is -2.89. The van der Waals surface area contributed by atoms with E-state index in [1.54, 1.807) is 12.1 Å². The number of anilines is 1. The number of nitrogens with one attached hydrogen (secondary N) is 1. The van der Waals surface area contributed by atoms with E-state index < -0.39 is 0 Å². The molecule has 1 aliphatic heterocycles. The summed E-state index contributed by atoms with van der Waals surface area (Å²) in [4.78, 5) is 26.2. The van der Waals surface area contributed by atoms with E-state index in [-0.39, 0.29) is 22.6 Å². The second-order valence-corrected chi connectivity index (χ2v) is 7.63. The van der Waals surface area contributed by atoms with Crippen LogP contribution in [0, 0.1) is 10.1 Å². The lowest BCUT2D eigenvalue weighted by molar-refractivity contribution is -0.384. The minimum absolute atomic E-state index is 0.0126. The van der Waals surface area contributed by atoms with Gasteiger partial charge in [0.2, 0.25) is 0 Å². The SMILES string of the molecule is O=C(N[C@@H]1CCCc2ccccc21)c1ccc(N2CCCCC2)c([N+](=O)[O-])c1. The van der Waals surface area contributed by atoms with E-state index in [0.29, 0.717) is 11.3 Å². The van der Waals surface area contributed by atoms with Crippen molar-refractivity contribution in [3.05, 3.63) is 69.3 Å². The zero-order chi connectivity index (χ0) is 19.5. The van der Waals surface area contributed by atoms with Crippen molar-refractivity contribution >= 4 is 17.3 Å². The summed E-state index contributed by atoms with van der Waals surface area (Å²) in [5.41, 5.74) is 3.39. The van der Waals surface area contributed by atoms with Gasteiger partial charge in [-0.2, -0.15) is 0 Å². The molecule has 6 nitrogen and oxygen atoms in total. The number of nitro benzene ring substituents is 1. The van der Waals surface area contributed by atoms with Crippen molar-refractivity contribution in [1.29, 1.82) is 0 Å². The van der Waals surface area contributed by atoms with Gasteiger partial charge < -0.3 is 10.2 Å².